The Morgan fingerprint density at radius 1 is 1.28 bits per heavy atom. The van der Waals surface area contributed by atoms with Crippen molar-refractivity contribution < 1.29 is 19.6 Å². The van der Waals surface area contributed by atoms with Crippen molar-refractivity contribution >= 4 is 17.2 Å². The standard InChI is InChI=1S/C22H24N2O5/c1-15(14-29-3)21(25)12-18-5-4-6-19(11-18)16(2)22(26)23-13-17-7-9-20(10-8-17)24(27)28/h4-11,14,21,25H,2,12-13H2,1,3H3,(H,23,26)/b15-14+. The number of nitro benzene ring substituents is 1. The minimum atomic E-state index is -0.686. The van der Waals surface area contributed by atoms with Gasteiger partial charge in [-0.3, -0.25) is 14.9 Å². The highest BCUT2D eigenvalue weighted by molar-refractivity contribution is 6.18. The zero-order valence-corrected chi connectivity index (χ0v) is 16.4. The Morgan fingerprint density at radius 2 is 1.97 bits per heavy atom. The molecule has 152 valence electrons. The van der Waals surface area contributed by atoms with Gasteiger partial charge in [-0.15, -0.1) is 0 Å². The average Bonchev–Trinajstić information content (AvgIpc) is 2.72. The van der Waals surface area contributed by atoms with Crippen LogP contribution < -0.4 is 5.32 Å². The molecule has 0 heterocycles. The monoisotopic (exact) mass is 396 g/mol. The number of hydrogen-bond donors (Lipinski definition) is 2. The quantitative estimate of drug-likeness (QED) is 0.293. The number of rotatable bonds is 9. The summed E-state index contributed by atoms with van der Waals surface area (Å²) in [6.45, 7) is 5.88. The fourth-order valence-electron chi connectivity index (χ4n) is 2.69. The lowest BCUT2D eigenvalue weighted by Crippen LogP contribution is -2.23. The van der Waals surface area contributed by atoms with Crippen LogP contribution in [0.15, 0.2) is 66.9 Å². The molecule has 2 aromatic rings. The van der Waals surface area contributed by atoms with Crippen molar-refractivity contribution in [1.29, 1.82) is 0 Å². The molecule has 0 aliphatic heterocycles. The molecule has 0 bridgehead atoms. The van der Waals surface area contributed by atoms with E-state index in [-0.39, 0.29) is 18.1 Å². The highest BCUT2D eigenvalue weighted by atomic mass is 16.6. The summed E-state index contributed by atoms with van der Waals surface area (Å²) in [6, 6.07) is 13.3. The van der Waals surface area contributed by atoms with E-state index < -0.39 is 11.0 Å². The SMILES string of the molecule is C=C(C(=O)NCc1ccc([N+](=O)[O-])cc1)c1cccc(CC(O)/C(C)=C/OC)c1. The summed E-state index contributed by atoms with van der Waals surface area (Å²) >= 11 is 0. The van der Waals surface area contributed by atoms with Gasteiger partial charge in [-0.25, -0.2) is 0 Å². The van der Waals surface area contributed by atoms with Gasteiger partial charge in [-0.05, 0) is 29.2 Å². The fraction of sp³-hybridized carbons (Fsp3) is 0.227. The lowest BCUT2D eigenvalue weighted by Gasteiger charge is -2.13. The number of carbonyl (C=O) groups is 1. The van der Waals surface area contributed by atoms with Gasteiger partial charge in [0.15, 0.2) is 0 Å². The van der Waals surface area contributed by atoms with Crippen molar-refractivity contribution in [2.75, 3.05) is 7.11 Å². The van der Waals surface area contributed by atoms with Gasteiger partial charge in [-0.2, -0.15) is 0 Å². The second kappa shape index (κ2) is 10.2. The van der Waals surface area contributed by atoms with Crippen LogP contribution >= 0.6 is 0 Å². The number of amides is 1. The molecule has 2 rings (SSSR count). The van der Waals surface area contributed by atoms with E-state index >= 15 is 0 Å². The largest absolute Gasteiger partial charge is 0.504 e. The molecule has 0 radical (unpaired) electrons. The summed E-state index contributed by atoms with van der Waals surface area (Å²) in [5.41, 5.74) is 3.27. The number of benzene rings is 2. The van der Waals surface area contributed by atoms with E-state index in [1.54, 1.807) is 25.1 Å². The Hall–Kier alpha value is -3.45. The molecule has 2 N–H and O–H groups in total. The molecular weight excluding hydrogens is 372 g/mol. The molecular formula is C22H24N2O5. The highest BCUT2D eigenvalue weighted by Crippen LogP contribution is 2.18. The molecule has 7 heteroatoms. The number of hydrogen-bond acceptors (Lipinski definition) is 5. The zero-order valence-electron chi connectivity index (χ0n) is 16.4. The van der Waals surface area contributed by atoms with E-state index in [4.69, 9.17) is 4.74 Å². The predicted molar refractivity (Wildman–Crippen MR) is 111 cm³/mol. The predicted octanol–water partition coefficient (Wildman–Crippen LogP) is 3.38. The summed E-state index contributed by atoms with van der Waals surface area (Å²) in [6.07, 6.45) is 1.20. The molecule has 0 aromatic heterocycles. The number of ether oxygens (including phenoxy) is 1. The number of methoxy groups -OCH3 is 1. The van der Waals surface area contributed by atoms with Crippen molar-refractivity contribution in [3.05, 3.63) is 93.7 Å². The molecule has 0 fully saturated rings. The van der Waals surface area contributed by atoms with Crippen molar-refractivity contribution in [2.24, 2.45) is 0 Å². The summed E-state index contributed by atoms with van der Waals surface area (Å²) < 4.78 is 4.92. The minimum absolute atomic E-state index is 0.000861. The van der Waals surface area contributed by atoms with Crippen LogP contribution in [0.1, 0.15) is 23.6 Å². The van der Waals surface area contributed by atoms with Crippen molar-refractivity contribution in [3.8, 4) is 0 Å². The third kappa shape index (κ3) is 6.29. The summed E-state index contributed by atoms with van der Waals surface area (Å²) in [4.78, 5) is 22.6. The van der Waals surface area contributed by atoms with E-state index in [9.17, 15) is 20.0 Å². The zero-order chi connectivity index (χ0) is 21.4. The topological polar surface area (TPSA) is 102 Å². The molecule has 1 amide bonds. The van der Waals surface area contributed by atoms with Gasteiger partial charge in [0.1, 0.15) is 0 Å². The summed E-state index contributed by atoms with van der Waals surface area (Å²) in [5.74, 6) is -0.337. The normalized spacial score (nSPS) is 12.2. The van der Waals surface area contributed by atoms with E-state index in [0.29, 0.717) is 23.1 Å². The maximum atomic E-state index is 12.4. The molecule has 0 aliphatic carbocycles. The summed E-state index contributed by atoms with van der Waals surface area (Å²) in [7, 11) is 1.52. The van der Waals surface area contributed by atoms with Gasteiger partial charge in [0, 0.05) is 30.7 Å². The smallest absolute Gasteiger partial charge is 0.269 e. The number of aliphatic hydroxyl groups is 1. The van der Waals surface area contributed by atoms with E-state index in [1.165, 1.54) is 25.5 Å². The lowest BCUT2D eigenvalue weighted by molar-refractivity contribution is -0.384. The minimum Gasteiger partial charge on any atom is -0.504 e. The molecule has 0 aliphatic rings. The lowest BCUT2D eigenvalue weighted by atomic mass is 9.98. The van der Waals surface area contributed by atoms with Crippen molar-refractivity contribution in [3.63, 3.8) is 0 Å². The number of carbonyl (C=O) groups excluding carboxylic acids is 1. The van der Waals surface area contributed by atoms with Gasteiger partial charge in [0.05, 0.1) is 24.4 Å². The Labute approximate surface area is 169 Å². The van der Waals surface area contributed by atoms with Crippen LogP contribution in [0, 0.1) is 10.1 Å². The number of nitrogens with zero attached hydrogens (tertiary/aromatic N) is 1. The van der Waals surface area contributed by atoms with Crippen LogP contribution in [0.5, 0.6) is 0 Å². The highest BCUT2D eigenvalue weighted by Gasteiger charge is 2.13. The number of aliphatic hydroxyl groups excluding tert-OH is 1. The first-order valence-corrected chi connectivity index (χ1v) is 8.99. The number of non-ortho nitro benzene ring substituents is 1. The van der Waals surface area contributed by atoms with Crippen LogP contribution in [0.2, 0.25) is 0 Å². The maximum absolute atomic E-state index is 12.4. The number of nitro groups is 1. The van der Waals surface area contributed by atoms with Gasteiger partial charge >= 0.3 is 0 Å². The van der Waals surface area contributed by atoms with Crippen molar-refractivity contribution in [2.45, 2.75) is 26.0 Å². The first-order chi connectivity index (χ1) is 13.8. The van der Waals surface area contributed by atoms with E-state index in [1.807, 2.05) is 18.2 Å². The van der Waals surface area contributed by atoms with E-state index in [0.717, 1.165) is 11.1 Å². The van der Waals surface area contributed by atoms with Gasteiger partial charge in [0.2, 0.25) is 0 Å². The molecule has 0 spiro atoms. The van der Waals surface area contributed by atoms with E-state index in [2.05, 4.69) is 11.9 Å². The average molecular weight is 396 g/mol. The molecule has 1 atom stereocenters. The third-order valence-corrected chi connectivity index (χ3v) is 4.41. The molecule has 29 heavy (non-hydrogen) atoms. The van der Waals surface area contributed by atoms with Crippen LogP contribution in [-0.2, 0) is 22.5 Å². The molecule has 1 unspecified atom stereocenters. The van der Waals surface area contributed by atoms with Gasteiger partial charge in [0.25, 0.3) is 11.6 Å². The Morgan fingerprint density at radius 3 is 2.59 bits per heavy atom. The van der Waals surface area contributed by atoms with Crippen LogP contribution in [0.25, 0.3) is 5.57 Å². The second-order valence-corrected chi connectivity index (χ2v) is 6.60. The fourth-order valence-corrected chi connectivity index (χ4v) is 2.69. The molecule has 7 nitrogen and oxygen atoms in total. The molecule has 0 saturated heterocycles. The third-order valence-electron chi connectivity index (χ3n) is 4.41. The maximum Gasteiger partial charge on any atom is 0.269 e. The summed E-state index contributed by atoms with van der Waals surface area (Å²) in [5, 5.41) is 23.7. The van der Waals surface area contributed by atoms with Crippen LogP contribution in [-0.4, -0.2) is 29.2 Å². The van der Waals surface area contributed by atoms with Gasteiger partial charge in [-0.1, -0.05) is 43.0 Å². The Balaban J connectivity index is 1.99. The van der Waals surface area contributed by atoms with Gasteiger partial charge < -0.3 is 15.2 Å². The molecule has 0 saturated carbocycles. The molecule has 2 aromatic carbocycles. The first-order valence-electron chi connectivity index (χ1n) is 8.99. The first kappa shape index (κ1) is 21.8. The van der Waals surface area contributed by atoms with Crippen LogP contribution in [0.4, 0.5) is 5.69 Å². The second-order valence-electron chi connectivity index (χ2n) is 6.60. The number of nitrogens with one attached hydrogen (secondary N) is 1. The Bertz CT molecular complexity index is 919. The van der Waals surface area contributed by atoms with Crippen LogP contribution in [0.3, 0.4) is 0 Å². The van der Waals surface area contributed by atoms with Crippen molar-refractivity contribution in [1.82, 2.24) is 5.32 Å². The Kier molecular flexibility index (Phi) is 7.68.